The summed E-state index contributed by atoms with van der Waals surface area (Å²) >= 11 is 0. The van der Waals surface area contributed by atoms with Crippen molar-refractivity contribution in [2.75, 3.05) is 25.0 Å². The molecule has 1 aliphatic carbocycles. The molecule has 1 saturated heterocycles. The van der Waals surface area contributed by atoms with Gasteiger partial charge >= 0.3 is 0 Å². The zero-order valence-electron chi connectivity index (χ0n) is 17.7. The van der Waals surface area contributed by atoms with E-state index in [0.717, 1.165) is 36.5 Å². The number of nitrogens with one attached hydrogen (secondary N) is 2. The van der Waals surface area contributed by atoms with E-state index < -0.39 is 5.41 Å². The molecule has 4 aliphatic rings. The third-order valence-electron chi connectivity index (χ3n) is 6.18. The molecule has 32 heavy (non-hydrogen) atoms. The Bertz CT molecular complexity index is 1080. The molecule has 3 heterocycles. The third kappa shape index (κ3) is 4.05. The van der Waals surface area contributed by atoms with Gasteiger partial charge in [0.05, 0.1) is 29.5 Å². The second kappa shape index (κ2) is 8.63. The molecule has 1 fully saturated rings. The first-order valence-electron chi connectivity index (χ1n) is 11.0. The molecule has 0 aromatic heterocycles. The fraction of sp³-hybridized carbons (Fsp3) is 0.375. The van der Waals surface area contributed by atoms with Crippen molar-refractivity contribution < 1.29 is 14.3 Å². The van der Waals surface area contributed by atoms with Gasteiger partial charge in [-0.05, 0) is 49.3 Å². The minimum atomic E-state index is -0.574. The summed E-state index contributed by atoms with van der Waals surface area (Å²) in [6, 6.07) is 7.20. The van der Waals surface area contributed by atoms with E-state index in [-0.39, 0.29) is 17.8 Å². The SMILES string of the molecule is O=C1CC=NC2=CC=CC3=NC(Nc4ccc(C(=O)NCC5CCCO5)cc4)=NCC23C1. The highest BCUT2D eigenvalue weighted by Gasteiger charge is 2.44. The van der Waals surface area contributed by atoms with Crippen molar-refractivity contribution in [3.05, 3.63) is 53.8 Å². The second-order valence-electron chi connectivity index (χ2n) is 8.41. The molecule has 0 bridgehead atoms. The number of Topliss-reactive ketones (excluding diaryl/α,β-unsaturated/α-hetero) is 1. The number of anilines is 1. The average Bonchev–Trinajstić information content (AvgIpc) is 3.26. The summed E-state index contributed by atoms with van der Waals surface area (Å²) in [5, 5.41) is 6.14. The van der Waals surface area contributed by atoms with Gasteiger partial charge in [-0.15, -0.1) is 0 Å². The molecule has 164 valence electrons. The van der Waals surface area contributed by atoms with E-state index in [1.165, 1.54) is 0 Å². The number of benzene rings is 1. The average molecular weight is 431 g/mol. The Kier molecular flexibility index (Phi) is 5.53. The number of rotatable bonds is 4. The zero-order valence-corrected chi connectivity index (χ0v) is 17.7. The first-order valence-corrected chi connectivity index (χ1v) is 11.0. The Morgan fingerprint density at radius 2 is 2.12 bits per heavy atom. The van der Waals surface area contributed by atoms with Crippen LogP contribution in [0.3, 0.4) is 0 Å². The molecule has 2 unspecified atom stereocenters. The van der Waals surface area contributed by atoms with Crippen LogP contribution in [-0.2, 0) is 9.53 Å². The minimum absolute atomic E-state index is 0.116. The first-order chi connectivity index (χ1) is 15.6. The van der Waals surface area contributed by atoms with Crippen LogP contribution in [0.1, 0.15) is 36.0 Å². The number of ketones is 1. The number of carbonyl (C=O) groups excluding carboxylic acids is 2. The van der Waals surface area contributed by atoms with Gasteiger partial charge < -0.3 is 15.4 Å². The lowest BCUT2D eigenvalue weighted by molar-refractivity contribution is -0.118. The molecule has 1 amide bonds. The maximum absolute atomic E-state index is 12.4. The number of aliphatic imine (C=N–C) groups is 3. The topological polar surface area (TPSA) is 105 Å². The van der Waals surface area contributed by atoms with Gasteiger partial charge in [-0.3, -0.25) is 14.6 Å². The minimum Gasteiger partial charge on any atom is -0.376 e. The van der Waals surface area contributed by atoms with Gasteiger partial charge in [0.15, 0.2) is 0 Å². The van der Waals surface area contributed by atoms with Crippen LogP contribution in [0.15, 0.2) is 63.2 Å². The maximum atomic E-state index is 12.4. The quantitative estimate of drug-likeness (QED) is 0.765. The van der Waals surface area contributed by atoms with Crippen molar-refractivity contribution in [2.45, 2.75) is 31.8 Å². The summed E-state index contributed by atoms with van der Waals surface area (Å²) in [5.74, 6) is 0.502. The van der Waals surface area contributed by atoms with Gasteiger partial charge in [0.2, 0.25) is 5.96 Å². The predicted octanol–water partition coefficient (Wildman–Crippen LogP) is 2.69. The molecule has 8 heteroatoms. The summed E-state index contributed by atoms with van der Waals surface area (Å²) in [4.78, 5) is 38.4. The molecular formula is C24H25N5O3. The fourth-order valence-corrected chi connectivity index (χ4v) is 4.42. The van der Waals surface area contributed by atoms with Gasteiger partial charge in [-0.1, -0.05) is 6.08 Å². The lowest BCUT2D eigenvalue weighted by Gasteiger charge is -2.35. The number of allylic oxidation sites excluding steroid dienone is 3. The van der Waals surface area contributed by atoms with Crippen molar-refractivity contribution in [1.82, 2.24) is 5.32 Å². The third-order valence-corrected chi connectivity index (χ3v) is 6.18. The van der Waals surface area contributed by atoms with E-state index in [2.05, 4.69) is 25.6 Å². The molecule has 1 spiro atoms. The van der Waals surface area contributed by atoms with E-state index in [1.807, 2.05) is 30.4 Å². The number of carbonyl (C=O) groups is 2. The smallest absolute Gasteiger partial charge is 0.251 e. The number of nitrogens with zero attached hydrogens (tertiary/aromatic N) is 3. The van der Waals surface area contributed by atoms with Crippen LogP contribution in [0.25, 0.3) is 0 Å². The lowest BCUT2D eigenvalue weighted by Crippen LogP contribution is -2.41. The van der Waals surface area contributed by atoms with Gasteiger partial charge in [0.25, 0.3) is 5.91 Å². The summed E-state index contributed by atoms with van der Waals surface area (Å²) < 4.78 is 5.54. The van der Waals surface area contributed by atoms with Crippen LogP contribution >= 0.6 is 0 Å². The highest BCUT2D eigenvalue weighted by atomic mass is 16.5. The van der Waals surface area contributed by atoms with E-state index in [0.29, 0.717) is 37.5 Å². The molecule has 0 saturated carbocycles. The molecule has 3 aliphatic heterocycles. The molecule has 5 rings (SSSR count). The summed E-state index contributed by atoms with van der Waals surface area (Å²) in [7, 11) is 0. The van der Waals surface area contributed by atoms with Gasteiger partial charge in [-0.25, -0.2) is 9.98 Å². The van der Waals surface area contributed by atoms with Crippen LogP contribution in [-0.4, -0.2) is 55.4 Å². The molecule has 1 aromatic carbocycles. The Morgan fingerprint density at radius 3 is 2.94 bits per heavy atom. The number of amides is 1. The second-order valence-corrected chi connectivity index (χ2v) is 8.41. The standard InChI is InChI=1S/C24H25N5O3/c30-18-10-11-25-20-4-1-5-21-24(20,13-18)15-27-23(29-21)28-17-8-6-16(7-9-17)22(31)26-14-19-3-2-12-32-19/h1,4-9,11,19H,2-3,10,12-15H2,(H,26,31)(H,27,28). The van der Waals surface area contributed by atoms with Crippen molar-refractivity contribution in [1.29, 1.82) is 0 Å². The Labute approximate surface area is 186 Å². The lowest BCUT2D eigenvalue weighted by atomic mass is 9.72. The first kappa shape index (κ1) is 20.5. The van der Waals surface area contributed by atoms with Crippen LogP contribution < -0.4 is 10.6 Å². The summed E-state index contributed by atoms with van der Waals surface area (Å²) in [6.07, 6.45) is 10.3. The van der Waals surface area contributed by atoms with E-state index in [4.69, 9.17) is 4.74 Å². The highest BCUT2D eigenvalue weighted by molar-refractivity contribution is 6.15. The van der Waals surface area contributed by atoms with Crippen LogP contribution in [0.5, 0.6) is 0 Å². The molecular weight excluding hydrogens is 406 g/mol. The predicted molar refractivity (Wildman–Crippen MR) is 123 cm³/mol. The highest BCUT2D eigenvalue weighted by Crippen LogP contribution is 2.41. The number of hydrogen-bond acceptors (Lipinski definition) is 7. The Balaban J connectivity index is 1.25. The molecule has 8 nitrogen and oxygen atoms in total. The van der Waals surface area contributed by atoms with E-state index >= 15 is 0 Å². The number of ether oxygens (including phenoxy) is 1. The molecule has 2 atom stereocenters. The number of hydrogen-bond donors (Lipinski definition) is 2. The van der Waals surface area contributed by atoms with Gasteiger partial charge in [0, 0.05) is 43.5 Å². The monoisotopic (exact) mass is 431 g/mol. The zero-order chi connectivity index (χ0) is 22.0. The molecule has 1 aromatic rings. The summed E-state index contributed by atoms with van der Waals surface area (Å²) in [5.41, 5.74) is 2.43. The van der Waals surface area contributed by atoms with Gasteiger partial charge in [-0.2, -0.15) is 0 Å². The van der Waals surface area contributed by atoms with Crippen molar-refractivity contribution >= 4 is 35.3 Å². The maximum Gasteiger partial charge on any atom is 0.251 e. The number of guanidine groups is 1. The van der Waals surface area contributed by atoms with Crippen LogP contribution in [0.2, 0.25) is 0 Å². The van der Waals surface area contributed by atoms with Crippen molar-refractivity contribution in [3.8, 4) is 0 Å². The van der Waals surface area contributed by atoms with Crippen LogP contribution in [0.4, 0.5) is 5.69 Å². The van der Waals surface area contributed by atoms with Crippen LogP contribution in [0, 0.1) is 5.41 Å². The van der Waals surface area contributed by atoms with E-state index in [1.54, 1.807) is 18.3 Å². The van der Waals surface area contributed by atoms with Crippen molar-refractivity contribution in [2.24, 2.45) is 20.4 Å². The van der Waals surface area contributed by atoms with Crippen molar-refractivity contribution in [3.63, 3.8) is 0 Å². The fourth-order valence-electron chi connectivity index (χ4n) is 4.42. The summed E-state index contributed by atoms with van der Waals surface area (Å²) in [6.45, 7) is 1.72. The normalized spacial score (nSPS) is 26.3. The Morgan fingerprint density at radius 1 is 1.25 bits per heavy atom. The molecule has 2 N–H and O–H groups in total. The van der Waals surface area contributed by atoms with Gasteiger partial charge in [0.1, 0.15) is 5.78 Å². The molecule has 0 radical (unpaired) electrons. The Hall–Kier alpha value is -3.39. The largest absolute Gasteiger partial charge is 0.376 e. The van der Waals surface area contributed by atoms with E-state index in [9.17, 15) is 9.59 Å².